The lowest BCUT2D eigenvalue weighted by molar-refractivity contribution is 0.0922. The minimum absolute atomic E-state index is 0.0284. The average molecular weight is 339 g/mol. The lowest BCUT2D eigenvalue weighted by Gasteiger charge is -2.41. The van der Waals surface area contributed by atoms with Gasteiger partial charge < -0.3 is 0 Å². The van der Waals surface area contributed by atoms with Crippen LogP contribution in [0.25, 0.3) is 0 Å². The Morgan fingerprint density at radius 3 is 1.70 bits per heavy atom. The average Bonchev–Trinajstić information content (AvgIpc) is 2.46. The second kappa shape index (κ2) is 6.19. The van der Waals surface area contributed by atoms with Gasteiger partial charge in [-0.25, -0.2) is 8.42 Å². The molecule has 1 heterocycles. The standard InChI is InChI=1S/C18H30N2O2S/c1-17(2,3)15-7-9-16(10-8-15)23(21,22)20-13-11-19(12-14-20)18(4,5)6/h7-10H,11-14H2,1-6H3. The van der Waals surface area contributed by atoms with Gasteiger partial charge in [0.2, 0.25) is 10.0 Å². The Kier molecular flexibility index (Phi) is 4.96. The van der Waals surface area contributed by atoms with Crippen LogP contribution < -0.4 is 0 Å². The van der Waals surface area contributed by atoms with Crippen molar-refractivity contribution in [2.24, 2.45) is 0 Å². The van der Waals surface area contributed by atoms with Crippen molar-refractivity contribution in [3.63, 3.8) is 0 Å². The van der Waals surface area contributed by atoms with E-state index in [1.54, 1.807) is 16.4 Å². The lowest BCUT2D eigenvalue weighted by atomic mass is 9.87. The smallest absolute Gasteiger partial charge is 0.243 e. The molecular formula is C18H30N2O2S. The molecule has 0 aliphatic carbocycles. The molecule has 1 aliphatic heterocycles. The predicted octanol–water partition coefficient (Wildman–Crippen LogP) is 3.09. The van der Waals surface area contributed by atoms with Gasteiger partial charge in [-0.15, -0.1) is 0 Å². The molecule has 1 saturated heterocycles. The first-order valence-corrected chi connectivity index (χ1v) is 9.72. The molecule has 0 radical (unpaired) electrons. The van der Waals surface area contributed by atoms with E-state index in [-0.39, 0.29) is 11.0 Å². The molecule has 5 heteroatoms. The largest absolute Gasteiger partial charge is 0.296 e. The molecule has 0 bridgehead atoms. The van der Waals surface area contributed by atoms with E-state index in [9.17, 15) is 8.42 Å². The third-order valence-corrected chi connectivity index (χ3v) is 6.46. The second-order valence-corrected chi connectivity index (χ2v) is 10.3. The molecule has 0 N–H and O–H groups in total. The number of piperazine rings is 1. The second-order valence-electron chi connectivity index (χ2n) is 8.34. The first-order chi connectivity index (χ1) is 10.4. The summed E-state index contributed by atoms with van der Waals surface area (Å²) >= 11 is 0. The van der Waals surface area contributed by atoms with Gasteiger partial charge in [-0.1, -0.05) is 32.9 Å². The van der Waals surface area contributed by atoms with Crippen LogP contribution in [0.1, 0.15) is 47.1 Å². The summed E-state index contributed by atoms with van der Waals surface area (Å²) in [5, 5.41) is 0. The molecule has 0 unspecified atom stereocenters. The molecule has 23 heavy (non-hydrogen) atoms. The van der Waals surface area contributed by atoms with E-state index in [4.69, 9.17) is 0 Å². The van der Waals surface area contributed by atoms with E-state index in [1.807, 2.05) is 12.1 Å². The van der Waals surface area contributed by atoms with Crippen LogP contribution in [0, 0.1) is 0 Å². The van der Waals surface area contributed by atoms with E-state index in [0.717, 1.165) is 18.7 Å². The third-order valence-electron chi connectivity index (χ3n) is 4.55. The zero-order chi connectivity index (χ0) is 17.5. The number of nitrogens with zero attached hydrogens (tertiary/aromatic N) is 2. The number of hydrogen-bond donors (Lipinski definition) is 0. The zero-order valence-corrected chi connectivity index (χ0v) is 16.1. The summed E-state index contributed by atoms with van der Waals surface area (Å²) in [6.45, 7) is 15.6. The van der Waals surface area contributed by atoms with E-state index in [0.29, 0.717) is 18.0 Å². The van der Waals surface area contributed by atoms with Crippen LogP contribution in [0.5, 0.6) is 0 Å². The Labute approximate surface area is 141 Å². The van der Waals surface area contributed by atoms with Gasteiger partial charge in [0.25, 0.3) is 0 Å². The minimum Gasteiger partial charge on any atom is -0.296 e. The third kappa shape index (κ3) is 4.14. The summed E-state index contributed by atoms with van der Waals surface area (Å²) in [5.74, 6) is 0. The van der Waals surface area contributed by atoms with Crippen molar-refractivity contribution in [1.82, 2.24) is 9.21 Å². The van der Waals surface area contributed by atoms with Crippen molar-refractivity contribution in [2.75, 3.05) is 26.2 Å². The van der Waals surface area contributed by atoms with Crippen molar-refractivity contribution in [1.29, 1.82) is 0 Å². The van der Waals surface area contributed by atoms with Crippen molar-refractivity contribution >= 4 is 10.0 Å². The van der Waals surface area contributed by atoms with Crippen LogP contribution in [0.3, 0.4) is 0 Å². The topological polar surface area (TPSA) is 40.6 Å². The Balaban J connectivity index is 2.14. The first-order valence-electron chi connectivity index (χ1n) is 8.28. The minimum atomic E-state index is -3.39. The summed E-state index contributed by atoms with van der Waals surface area (Å²) in [6, 6.07) is 7.34. The van der Waals surface area contributed by atoms with Crippen LogP contribution in [-0.4, -0.2) is 49.3 Å². The highest BCUT2D eigenvalue weighted by molar-refractivity contribution is 7.89. The van der Waals surface area contributed by atoms with Gasteiger partial charge in [0.1, 0.15) is 0 Å². The summed E-state index contributed by atoms with van der Waals surface area (Å²) in [5.41, 5.74) is 1.26. The van der Waals surface area contributed by atoms with Crippen LogP contribution >= 0.6 is 0 Å². The maximum Gasteiger partial charge on any atom is 0.243 e. The lowest BCUT2D eigenvalue weighted by Crippen LogP contribution is -2.54. The summed E-state index contributed by atoms with van der Waals surface area (Å²) in [6.07, 6.45) is 0. The van der Waals surface area contributed by atoms with Crippen molar-refractivity contribution in [3.8, 4) is 0 Å². The van der Waals surface area contributed by atoms with Crippen molar-refractivity contribution < 1.29 is 8.42 Å². The summed E-state index contributed by atoms with van der Waals surface area (Å²) in [7, 11) is -3.39. The summed E-state index contributed by atoms with van der Waals surface area (Å²) < 4.78 is 27.2. The molecule has 0 aromatic heterocycles. The Bertz CT molecular complexity index is 629. The molecule has 130 valence electrons. The molecule has 4 nitrogen and oxygen atoms in total. The Morgan fingerprint density at radius 1 is 0.826 bits per heavy atom. The molecule has 1 aliphatic rings. The highest BCUT2D eigenvalue weighted by Crippen LogP contribution is 2.25. The maximum atomic E-state index is 12.8. The molecule has 1 aromatic rings. The van der Waals surface area contributed by atoms with Crippen molar-refractivity contribution in [3.05, 3.63) is 29.8 Å². The van der Waals surface area contributed by atoms with Crippen molar-refractivity contribution in [2.45, 2.75) is 57.4 Å². The molecule has 0 atom stereocenters. The first kappa shape index (κ1) is 18.4. The molecular weight excluding hydrogens is 308 g/mol. The monoisotopic (exact) mass is 338 g/mol. The Morgan fingerprint density at radius 2 is 1.30 bits per heavy atom. The molecule has 0 amide bonds. The highest BCUT2D eigenvalue weighted by atomic mass is 32.2. The van der Waals surface area contributed by atoms with Crippen LogP contribution in [-0.2, 0) is 15.4 Å². The molecule has 0 spiro atoms. The molecule has 0 saturated carbocycles. The quantitative estimate of drug-likeness (QED) is 0.832. The molecule has 1 fully saturated rings. The van der Waals surface area contributed by atoms with Gasteiger partial charge in [-0.05, 0) is 43.9 Å². The SMILES string of the molecule is CC(C)(C)c1ccc(S(=O)(=O)N2CCN(C(C)(C)C)CC2)cc1. The van der Waals surface area contributed by atoms with Crippen LogP contribution in [0.2, 0.25) is 0 Å². The predicted molar refractivity (Wildman–Crippen MR) is 95.2 cm³/mol. The van der Waals surface area contributed by atoms with E-state index < -0.39 is 10.0 Å². The number of sulfonamides is 1. The zero-order valence-electron chi connectivity index (χ0n) is 15.3. The van der Waals surface area contributed by atoms with Crippen LogP contribution in [0.15, 0.2) is 29.2 Å². The van der Waals surface area contributed by atoms with E-state index in [2.05, 4.69) is 46.4 Å². The van der Waals surface area contributed by atoms with Gasteiger partial charge >= 0.3 is 0 Å². The fourth-order valence-electron chi connectivity index (χ4n) is 2.88. The van der Waals surface area contributed by atoms with Gasteiger partial charge in [0.15, 0.2) is 0 Å². The van der Waals surface area contributed by atoms with E-state index in [1.165, 1.54) is 0 Å². The highest BCUT2D eigenvalue weighted by Gasteiger charge is 2.32. The fourth-order valence-corrected chi connectivity index (χ4v) is 4.30. The van der Waals surface area contributed by atoms with Gasteiger partial charge in [-0.3, -0.25) is 4.90 Å². The fraction of sp³-hybridized carbons (Fsp3) is 0.667. The van der Waals surface area contributed by atoms with Gasteiger partial charge in [-0.2, -0.15) is 4.31 Å². The number of hydrogen-bond acceptors (Lipinski definition) is 3. The summed E-state index contributed by atoms with van der Waals surface area (Å²) in [4.78, 5) is 2.73. The maximum absolute atomic E-state index is 12.8. The number of benzene rings is 1. The number of rotatable bonds is 2. The normalized spacial score (nSPS) is 19.0. The van der Waals surface area contributed by atoms with Crippen LogP contribution in [0.4, 0.5) is 0 Å². The molecule has 2 rings (SSSR count). The Hall–Kier alpha value is -0.910. The molecule has 1 aromatic carbocycles. The van der Waals surface area contributed by atoms with Gasteiger partial charge in [0, 0.05) is 31.7 Å². The van der Waals surface area contributed by atoms with Gasteiger partial charge in [0.05, 0.1) is 4.90 Å². The van der Waals surface area contributed by atoms with E-state index >= 15 is 0 Å².